The second-order valence-electron chi connectivity index (χ2n) is 5.92. The van der Waals surface area contributed by atoms with Gasteiger partial charge >= 0.3 is 5.76 Å². The van der Waals surface area contributed by atoms with Crippen molar-refractivity contribution in [1.82, 2.24) is 9.88 Å². The molecule has 0 aliphatic heterocycles. The van der Waals surface area contributed by atoms with E-state index in [0.717, 1.165) is 18.2 Å². The number of rotatable bonds is 7. The number of hydrogen-bond acceptors (Lipinski definition) is 6. The van der Waals surface area contributed by atoms with Crippen LogP contribution in [0.4, 0.5) is 5.69 Å². The summed E-state index contributed by atoms with van der Waals surface area (Å²) < 4.78 is 6.58. The fraction of sp³-hybridized carbons (Fsp3) is 0.222. The predicted octanol–water partition coefficient (Wildman–Crippen LogP) is 1.67. The smallest absolute Gasteiger partial charge is 0.419 e. The van der Waals surface area contributed by atoms with E-state index in [-0.39, 0.29) is 35.9 Å². The van der Waals surface area contributed by atoms with Crippen LogP contribution in [0.1, 0.15) is 18.4 Å². The van der Waals surface area contributed by atoms with E-state index in [1.54, 1.807) is 24.3 Å². The molecule has 0 aliphatic rings. The molecule has 0 fully saturated rings. The van der Waals surface area contributed by atoms with Gasteiger partial charge in [0, 0.05) is 31.6 Å². The monoisotopic (exact) mass is 370 g/mol. The van der Waals surface area contributed by atoms with Gasteiger partial charge in [-0.1, -0.05) is 18.2 Å². The van der Waals surface area contributed by atoms with Crippen LogP contribution < -0.4 is 16.2 Å². The molecule has 3 aromatic rings. The first-order valence-corrected chi connectivity index (χ1v) is 8.25. The molecule has 0 aliphatic carbocycles. The first-order chi connectivity index (χ1) is 13.0. The van der Waals surface area contributed by atoms with Crippen LogP contribution in [0.2, 0.25) is 0 Å². The number of fused-ring (bicyclic) bond motifs is 1. The summed E-state index contributed by atoms with van der Waals surface area (Å²) in [5.41, 5.74) is 1.09. The molecule has 1 N–H and O–H groups in total. The van der Waals surface area contributed by atoms with Gasteiger partial charge in [-0.25, -0.2) is 4.79 Å². The van der Waals surface area contributed by atoms with E-state index in [9.17, 15) is 24.8 Å². The standard InChI is InChI=1S/C18H17N3O6/c22-15-8-7-13(21(25)26)10-12(15)11-19-17(23)6-3-9-20-14-4-1-2-5-16(14)27-18(20)24/h1-2,4-5,7-8,10,22H,3,6,9,11H2,(H,19,23)/p-1. The number of carbonyl (C=O) groups is 1. The number of nitrogens with zero attached hydrogens (tertiary/aromatic N) is 2. The molecule has 3 rings (SSSR count). The van der Waals surface area contributed by atoms with Crippen molar-refractivity contribution in [3.8, 4) is 5.75 Å². The number of hydrogen-bond donors (Lipinski definition) is 1. The van der Waals surface area contributed by atoms with E-state index >= 15 is 0 Å². The molecule has 0 bridgehead atoms. The Bertz CT molecular complexity index is 1050. The van der Waals surface area contributed by atoms with Crippen molar-refractivity contribution in [1.29, 1.82) is 0 Å². The highest BCUT2D eigenvalue weighted by Crippen LogP contribution is 2.20. The maximum absolute atomic E-state index is 12.0. The number of benzene rings is 2. The third-order valence-corrected chi connectivity index (χ3v) is 4.09. The molecule has 0 radical (unpaired) electrons. The van der Waals surface area contributed by atoms with Gasteiger partial charge in [-0.05, 0) is 24.1 Å². The molecule has 0 saturated heterocycles. The third kappa shape index (κ3) is 4.14. The van der Waals surface area contributed by atoms with Gasteiger partial charge in [0.1, 0.15) is 0 Å². The van der Waals surface area contributed by atoms with Gasteiger partial charge in [-0.15, -0.1) is 5.75 Å². The Hall–Kier alpha value is -3.62. The summed E-state index contributed by atoms with van der Waals surface area (Å²) in [5, 5.41) is 25.0. The summed E-state index contributed by atoms with van der Waals surface area (Å²) in [6.07, 6.45) is 0.531. The zero-order valence-corrected chi connectivity index (χ0v) is 14.2. The number of nitrogens with one attached hydrogen (secondary N) is 1. The quantitative estimate of drug-likeness (QED) is 0.497. The second kappa shape index (κ2) is 7.73. The number of oxazole rings is 1. The molecule has 0 atom stereocenters. The highest BCUT2D eigenvalue weighted by atomic mass is 16.6. The molecule has 0 saturated carbocycles. The van der Waals surface area contributed by atoms with Crippen molar-refractivity contribution in [3.63, 3.8) is 0 Å². The van der Waals surface area contributed by atoms with Crippen molar-refractivity contribution >= 4 is 22.7 Å². The molecule has 1 amide bonds. The van der Waals surface area contributed by atoms with Gasteiger partial charge in [0.05, 0.1) is 10.4 Å². The maximum Gasteiger partial charge on any atom is 0.419 e. The molecule has 9 heteroatoms. The summed E-state index contributed by atoms with van der Waals surface area (Å²) in [4.78, 5) is 34.0. The Balaban J connectivity index is 1.54. The second-order valence-corrected chi connectivity index (χ2v) is 5.92. The van der Waals surface area contributed by atoms with Crippen molar-refractivity contribution in [2.24, 2.45) is 0 Å². The van der Waals surface area contributed by atoms with Crippen LogP contribution >= 0.6 is 0 Å². The molecular weight excluding hydrogens is 354 g/mol. The van der Waals surface area contributed by atoms with Crippen LogP contribution in [-0.2, 0) is 17.9 Å². The van der Waals surface area contributed by atoms with E-state index in [1.807, 2.05) is 0 Å². The highest BCUT2D eigenvalue weighted by molar-refractivity contribution is 5.76. The molecular formula is C18H16N3O6-. The van der Waals surface area contributed by atoms with Crippen molar-refractivity contribution in [2.45, 2.75) is 25.9 Å². The number of para-hydroxylation sites is 2. The van der Waals surface area contributed by atoms with Gasteiger partial charge in [0.25, 0.3) is 5.69 Å². The van der Waals surface area contributed by atoms with Crippen LogP contribution in [0.25, 0.3) is 11.1 Å². The first-order valence-electron chi connectivity index (χ1n) is 8.25. The Morgan fingerprint density at radius 1 is 1.22 bits per heavy atom. The highest BCUT2D eigenvalue weighted by Gasteiger charge is 2.10. The summed E-state index contributed by atoms with van der Waals surface area (Å²) >= 11 is 0. The Kier molecular flexibility index (Phi) is 5.20. The van der Waals surface area contributed by atoms with Crippen molar-refractivity contribution in [2.75, 3.05) is 0 Å². The van der Waals surface area contributed by atoms with Gasteiger partial charge < -0.3 is 14.8 Å². The minimum Gasteiger partial charge on any atom is -0.872 e. The van der Waals surface area contributed by atoms with Crippen LogP contribution in [0, 0.1) is 10.1 Å². The Morgan fingerprint density at radius 2 is 2.00 bits per heavy atom. The lowest BCUT2D eigenvalue weighted by Gasteiger charge is -2.13. The number of carbonyl (C=O) groups excluding carboxylic acids is 1. The summed E-state index contributed by atoms with van der Waals surface area (Å²) in [7, 11) is 0. The molecule has 2 aromatic carbocycles. The van der Waals surface area contributed by atoms with Crippen LogP contribution in [0.5, 0.6) is 5.75 Å². The lowest BCUT2D eigenvalue weighted by Crippen LogP contribution is -2.24. The number of amides is 1. The lowest BCUT2D eigenvalue weighted by atomic mass is 10.1. The summed E-state index contributed by atoms with van der Waals surface area (Å²) in [6.45, 7) is 0.223. The van der Waals surface area contributed by atoms with E-state index in [4.69, 9.17) is 4.42 Å². The van der Waals surface area contributed by atoms with Gasteiger partial charge in [0.15, 0.2) is 5.58 Å². The average molecular weight is 370 g/mol. The molecule has 27 heavy (non-hydrogen) atoms. The zero-order valence-electron chi connectivity index (χ0n) is 14.2. The maximum atomic E-state index is 12.0. The Labute approximate surface area is 153 Å². The first kappa shape index (κ1) is 18.2. The van der Waals surface area contributed by atoms with E-state index in [2.05, 4.69) is 5.32 Å². The fourth-order valence-electron chi connectivity index (χ4n) is 2.72. The lowest BCUT2D eigenvalue weighted by molar-refractivity contribution is -0.385. The fourth-order valence-corrected chi connectivity index (χ4v) is 2.72. The van der Waals surface area contributed by atoms with Crippen LogP contribution in [0.3, 0.4) is 0 Å². The molecule has 0 spiro atoms. The number of aryl methyl sites for hydroxylation is 1. The van der Waals surface area contributed by atoms with Gasteiger partial charge in [-0.2, -0.15) is 0 Å². The summed E-state index contributed by atoms with van der Waals surface area (Å²) in [6, 6.07) is 10.4. The average Bonchev–Trinajstić information content (AvgIpc) is 2.96. The number of aromatic nitrogens is 1. The number of nitro groups is 1. The molecule has 1 aromatic heterocycles. The minimum atomic E-state index is -0.599. The zero-order chi connectivity index (χ0) is 19.4. The SMILES string of the molecule is O=C(CCCn1c(=O)oc2ccccc21)NCc1cc([N+](=O)[O-])ccc1[O-]. The van der Waals surface area contributed by atoms with E-state index < -0.39 is 10.7 Å². The van der Waals surface area contributed by atoms with Gasteiger partial charge in [0.2, 0.25) is 5.91 Å². The Morgan fingerprint density at radius 3 is 2.78 bits per heavy atom. The van der Waals surface area contributed by atoms with Crippen LogP contribution in [-0.4, -0.2) is 15.4 Å². The topological polar surface area (TPSA) is 130 Å². The molecule has 1 heterocycles. The third-order valence-electron chi connectivity index (χ3n) is 4.09. The van der Waals surface area contributed by atoms with Gasteiger partial charge in [-0.3, -0.25) is 19.5 Å². The van der Waals surface area contributed by atoms with Crippen LogP contribution in [0.15, 0.2) is 51.7 Å². The molecule has 9 nitrogen and oxygen atoms in total. The van der Waals surface area contributed by atoms with E-state index in [0.29, 0.717) is 24.1 Å². The molecule has 140 valence electrons. The normalized spacial score (nSPS) is 10.8. The predicted molar refractivity (Wildman–Crippen MR) is 94.1 cm³/mol. The minimum absolute atomic E-state index is 0.0893. The molecule has 0 unspecified atom stereocenters. The van der Waals surface area contributed by atoms with E-state index in [1.165, 1.54) is 4.57 Å². The van der Waals surface area contributed by atoms with Crippen molar-refractivity contribution in [3.05, 3.63) is 68.7 Å². The number of non-ortho nitro benzene ring substituents is 1. The number of nitro benzene ring substituents is 1. The van der Waals surface area contributed by atoms with Crippen molar-refractivity contribution < 1.29 is 19.2 Å². The largest absolute Gasteiger partial charge is 0.872 e. The summed E-state index contributed by atoms with van der Waals surface area (Å²) in [5.74, 6) is -1.18.